The van der Waals surface area contributed by atoms with Crippen LogP contribution >= 0.6 is 0 Å². The predicted molar refractivity (Wildman–Crippen MR) is 68.3 cm³/mol. The number of ketones is 1. The van der Waals surface area contributed by atoms with Gasteiger partial charge in [-0.25, -0.2) is 0 Å². The Bertz CT molecular complexity index is 520. The lowest BCUT2D eigenvalue weighted by Crippen LogP contribution is -2.19. The second-order valence-corrected chi connectivity index (χ2v) is 3.95. The van der Waals surface area contributed by atoms with Gasteiger partial charge in [0.25, 0.3) is 0 Å². The number of hydrogen-bond donors (Lipinski definition) is 0. The summed E-state index contributed by atoms with van der Waals surface area (Å²) in [5.41, 5.74) is 1.42. The molecule has 0 saturated carbocycles. The predicted octanol–water partition coefficient (Wildman–Crippen LogP) is 2.38. The van der Waals surface area contributed by atoms with Gasteiger partial charge in [0.05, 0.1) is 0 Å². The molecule has 0 aliphatic carbocycles. The van der Waals surface area contributed by atoms with Crippen LogP contribution in [-0.4, -0.2) is 22.2 Å². The lowest BCUT2D eigenvalue weighted by atomic mass is 10.0. The number of benzene rings is 1. The lowest BCUT2D eigenvalue weighted by molar-refractivity contribution is 0.0444. The van der Waals surface area contributed by atoms with Gasteiger partial charge < -0.3 is 4.74 Å². The number of ether oxygens (including phenoxy) is 1. The number of carbonyl (C=O) groups is 1. The van der Waals surface area contributed by atoms with Crippen molar-refractivity contribution in [3.63, 3.8) is 0 Å². The first kappa shape index (κ1) is 12.5. The lowest BCUT2D eigenvalue weighted by Gasteiger charge is -2.16. The van der Waals surface area contributed by atoms with E-state index in [4.69, 9.17) is 4.74 Å². The quantitative estimate of drug-likeness (QED) is 0.758. The van der Waals surface area contributed by atoms with Crippen LogP contribution in [0.2, 0.25) is 0 Å². The molecule has 0 aliphatic heterocycles. The Morgan fingerprint density at radius 2 is 2.06 bits per heavy atom. The molecule has 0 fully saturated rings. The van der Waals surface area contributed by atoms with E-state index in [1.54, 1.807) is 24.0 Å². The summed E-state index contributed by atoms with van der Waals surface area (Å²) >= 11 is 0. The second-order valence-electron chi connectivity index (χ2n) is 3.95. The van der Waals surface area contributed by atoms with Crippen molar-refractivity contribution in [2.45, 2.75) is 13.0 Å². The van der Waals surface area contributed by atoms with E-state index in [2.05, 4.69) is 5.10 Å². The molecule has 1 heterocycles. The summed E-state index contributed by atoms with van der Waals surface area (Å²) in [6, 6.07) is 11.2. The molecule has 2 aromatic rings. The number of rotatable bonds is 5. The number of hydrogen-bond acceptors (Lipinski definition) is 3. The maximum Gasteiger partial charge on any atom is 0.214 e. The third kappa shape index (κ3) is 2.49. The molecule has 0 saturated heterocycles. The van der Waals surface area contributed by atoms with Crippen LogP contribution in [-0.2, 0) is 11.8 Å². The number of aromatic nitrogens is 2. The zero-order chi connectivity index (χ0) is 13.0. The van der Waals surface area contributed by atoms with Gasteiger partial charge in [-0.2, -0.15) is 5.10 Å². The highest BCUT2D eigenvalue weighted by Gasteiger charge is 2.24. The molecular formula is C14H16N2O2. The summed E-state index contributed by atoms with van der Waals surface area (Å²) in [6.07, 6.45) is 1.05. The van der Waals surface area contributed by atoms with E-state index in [9.17, 15) is 4.79 Å². The molecule has 1 aromatic heterocycles. The molecule has 0 N–H and O–H groups in total. The fourth-order valence-electron chi connectivity index (χ4n) is 1.87. The van der Waals surface area contributed by atoms with Crippen molar-refractivity contribution < 1.29 is 9.53 Å². The van der Waals surface area contributed by atoms with E-state index in [0.717, 1.165) is 5.56 Å². The van der Waals surface area contributed by atoms with Crippen molar-refractivity contribution in [3.05, 3.63) is 53.9 Å². The highest BCUT2D eigenvalue weighted by atomic mass is 16.5. The topological polar surface area (TPSA) is 44.1 Å². The summed E-state index contributed by atoms with van der Waals surface area (Å²) in [7, 11) is 1.75. The number of Topliss-reactive ketones (excluding diaryl/α,β-unsaturated/α-hetero) is 1. The third-order valence-corrected chi connectivity index (χ3v) is 2.75. The zero-order valence-corrected chi connectivity index (χ0v) is 10.5. The van der Waals surface area contributed by atoms with Gasteiger partial charge in [-0.1, -0.05) is 30.3 Å². The Kier molecular flexibility index (Phi) is 3.89. The molecule has 1 aromatic carbocycles. The van der Waals surface area contributed by atoms with Crippen LogP contribution in [0.25, 0.3) is 0 Å². The van der Waals surface area contributed by atoms with Gasteiger partial charge in [0.2, 0.25) is 5.78 Å². The molecule has 0 radical (unpaired) electrons. The highest BCUT2D eigenvalue weighted by Crippen LogP contribution is 2.21. The van der Waals surface area contributed by atoms with Crippen molar-refractivity contribution in [1.82, 2.24) is 9.78 Å². The van der Waals surface area contributed by atoms with E-state index >= 15 is 0 Å². The molecule has 4 nitrogen and oxygen atoms in total. The van der Waals surface area contributed by atoms with Crippen LogP contribution in [0.15, 0.2) is 42.6 Å². The van der Waals surface area contributed by atoms with Crippen molar-refractivity contribution in [2.75, 3.05) is 6.61 Å². The average molecular weight is 244 g/mol. The fraction of sp³-hybridized carbons (Fsp3) is 0.286. The van der Waals surface area contributed by atoms with E-state index in [1.807, 2.05) is 37.3 Å². The smallest absolute Gasteiger partial charge is 0.214 e. The van der Waals surface area contributed by atoms with Crippen LogP contribution < -0.4 is 0 Å². The van der Waals surface area contributed by atoms with Gasteiger partial charge in [-0.15, -0.1) is 0 Å². The summed E-state index contributed by atoms with van der Waals surface area (Å²) in [5.74, 6) is -0.0666. The minimum atomic E-state index is -0.563. The van der Waals surface area contributed by atoms with Crippen LogP contribution in [0.1, 0.15) is 29.1 Å². The van der Waals surface area contributed by atoms with Gasteiger partial charge >= 0.3 is 0 Å². The minimum Gasteiger partial charge on any atom is -0.366 e. The number of aryl methyl sites for hydroxylation is 1. The first-order valence-electron chi connectivity index (χ1n) is 5.92. The molecule has 0 bridgehead atoms. The molecule has 1 unspecified atom stereocenters. The molecule has 0 amide bonds. The summed E-state index contributed by atoms with van der Waals surface area (Å²) < 4.78 is 7.14. The van der Waals surface area contributed by atoms with Crippen molar-refractivity contribution in [2.24, 2.45) is 7.05 Å². The largest absolute Gasteiger partial charge is 0.366 e. The van der Waals surface area contributed by atoms with Crippen molar-refractivity contribution in [3.8, 4) is 0 Å². The van der Waals surface area contributed by atoms with E-state index in [0.29, 0.717) is 12.3 Å². The number of nitrogens with zero attached hydrogens (tertiary/aromatic N) is 2. The fourth-order valence-corrected chi connectivity index (χ4v) is 1.87. The van der Waals surface area contributed by atoms with Crippen LogP contribution in [0.4, 0.5) is 0 Å². The Balaban J connectivity index is 2.32. The average Bonchev–Trinajstić information content (AvgIpc) is 2.82. The summed E-state index contributed by atoms with van der Waals surface area (Å²) in [5, 5.41) is 4.01. The molecule has 2 rings (SSSR count). The summed E-state index contributed by atoms with van der Waals surface area (Å²) in [4.78, 5) is 12.4. The first-order chi connectivity index (χ1) is 8.74. The van der Waals surface area contributed by atoms with Crippen molar-refractivity contribution >= 4 is 5.78 Å². The van der Waals surface area contributed by atoms with Crippen LogP contribution in [0, 0.1) is 0 Å². The van der Waals surface area contributed by atoms with E-state index in [-0.39, 0.29) is 5.78 Å². The third-order valence-electron chi connectivity index (χ3n) is 2.75. The normalized spacial score (nSPS) is 12.3. The Labute approximate surface area is 106 Å². The molecule has 4 heteroatoms. The monoisotopic (exact) mass is 244 g/mol. The second kappa shape index (κ2) is 5.60. The Morgan fingerprint density at radius 1 is 1.33 bits per heavy atom. The maximum absolute atomic E-state index is 12.4. The van der Waals surface area contributed by atoms with Gasteiger partial charge in [0.1, 0.15) is 11.8 Å². The van der Waals surface area contributed by atoms with Crippen LogP contribution in [0.5, 0.6) is 0 Å². The molecule has 0 aliphatic rings. The highest BCUT2D eigenvalue weighted by molar-refractivity contribution is 5.98. The SMILES string of the molecule is CCOC(C(=O)c1ccnn1C)c1ccccc1. The van der Waals surface area contributed by atoms with Gasteiger partial charge in [0, 0.05) is 19.9 Å². The minimum absolute atomic E-state index is 0.0666. The van der Waals surface area contributed by atoms with E-state index in [1.165, 1.54) is 0 Å². The van der Waals surface area contributed by atoms with Gasteiger partial charge in [0.15, 0.2) is 0 Å². The zero-order valence-electron chi connectivity index (χ0n) is 10.5. The summed E-state index contributed by atoms with van der Waals surface area (Å²) in [6.45, 7) is 2.37. The molecule has 1 atom stereocenters. The Morgan fingerprint density at radius 3 is 2.61 bits per heavy atom. The number of carbonyl (C=O) groups excluding carboxylic acids is 1. The maximum atomic E-state index is 12.4. The first-order valence-corrected chi connectivity index (χ1v) is 5.92. The molecule has 0 spiro atoms. The molecule has 18 heavy (non-hydrogen) atoms. The Hall–Kier alpha value is -1.94. The van der Waals surface area contributed by atoms with Crippen molar-refractivity contribution in [1.29, 1.82) is 0 Å². The van der Waals surface area contributed by atoms with E-state index < -0.39 is 6.10 Å². The molecule has 94 valence electrons. The molecular weight excluding hydrogens is 228 g/mol. The van der Waals surface area contributed by atoms with Gasteiger partial charge in [-0.3, -0.25) is 9.48 Å². The van der Waals surface area contributed by atoms with Crippen LogP contribution in [0.3, 0.4) is 0 Å². The standard InChI is InChI=1S/C14H16N2O2/c1-3-18-14(11-7-5-4-6-8-11)13(17)12-9-10-15-16(12)2/h4-10,14H,3H2,1-2H3. The van der Waals surface area contributed by atoms with Gasteiger partial charge in [-0.05, 0) is 18.6 Å².